The molecule has 2 aromatic heterocycles. The summed E-state index contributed by atoms with van der Waals surface area (Å²) in [7, 11) is 2.16. The number of likely N-dealkylation sites (tertiary alicyclic amines) is 1. The number of nitrogens with one attached hydrogen (secondary N) is 1. The van der Waals surface area contributed by atoms with Gasteiger partial charge in [-0.1, -0.05) is 24.6 Å². The number of rotatable bonds is 4. The van der Waals surface area contributed by atoms with E-state index in [2.05, 4.69) is 22.2 Å². The molecule has 26 heavy (non-hydrogen) atoms. The Bertz CT molecular complexity index is 851. The molecule has 0 unspecified atom stereocenters. The van der Waals surface area contributed by atoms with Crippen molar-refractivity contribution in [1.82, 2.24) is 19.9 Å². The highest BCUT2D eigenvalue weighted by molar-refractivity contribution is 5.65. The lowest BCUT2D eigenvalue weighted by Crippen LogP contribution is -2.31. The van der Waals surface area contributed by atoms with Gasteiger partial charge < -0.3 is 5.32 Å². The molecule has 1 aliphatic heterocycles. The smallest absolute Gasteiger partial charge is 0.148 e. The molecule has 1 aromatic carbocycles. The average molecular weight is 345 g/mol. The summed E-state index contributed by atoms with van der Waals surface area (Å²) in [5.41, 5.74) is 3.00. The van der Waals surface area contributed by atoms with E-state index in [0.29, 0.717) is 0 Å². The third-order valence-electron chi connectivity index (χ3n) is 4.83. The topological polar surface area (TPSA) is 53.9 Å². The summed E-state index contributed by atoms with van der Waals surface area (Å²) < 4.78 is 0. The number of hydrogen-bond donors (Lipinski definition) is 1. The summed E-state index contributed by atoms with van der Waals surface area (Å²) in [6, 6.07) is 16.4. The fourth-order valence-corrected chi connectivity index (χ4v) is 3.42. The molecule has 1 aliphatic rings. The maximum absolute atomic E-state index is 4.90. The second kappa shape index (κ2) is 7.62. The van der Waals surface area contributed by atoms with Gasteiger partial charge in [-0.25, -0.2) is 9.97 Å². The number of nitrogens with zero attached hydrogens (tertiary/aromatic N) is 4. The molecule has 1 N–H and O–H groups in total. The Morgan fingerprint density at radius 2 is 1.81 bits per heavy atom. The first kappa shape index (κ1) is 16.7. The summed E-state index contributed by atoms with van der Waals surface area (Å²) in [6.07, 6.45) is 7.16. The Morgan fingerprint density at radius 3 is 2.58 bits per heavy atom. The van der Waals surface area contributed by atoms with Crippen molar-refractivity contribution in [3.8, 4) is 11.3 Å². The van der Waals surface area contributed by atoms with E-state index in [9.17, 15) is 0 Å². The Balaban J connectivity index is 1.74. The highest BCUT2D eigenvalue weighted by Gasteiger charge is 2.24. The molecule has 5 heteroatoms. The van der Waals surface area contributed by atoms with Crippen molar-refractivity contribution in [2.45, 2.75) is 25.3 Å². The SMILES string of the molecule is CN1CCCC[C@H]1c1nc(Nc2ccccc2)cc(-c2ccncc2)n1. The van der Waals surface area contributed by atoms with Crippen LogP contribution in [-0.4, -0.2) is 33.4 Å². The van der Waals surface area contributed by atoms with E-state index < -0.39 is 0 Å². The fourth-order valence-electron chi connectivity index (χ4n) is 3.42. The fraction of sp³-hybridized carbons (Fsp3) is 0.286. The van der Waals surface area contributed by atoms with Gasteiger partial charge >= 0.3 is 0 Å². The van der Waals surface area contributed by atoms with Crippen LogP contribution in [0.5, 0.6) is 0 Å². The van der Waals surface area contributed by atoms with Crippen LogP contribution in [0.25, 0.3) is 11.3 Å². The standard InChI is InChI=1S/C21H23N5/c1-26-14-6-5-9-19(26)21-24-18(16-10-12-22-13-11-16)15-20(25-21)23-17-7-3-2-4-8-17/h2-4,7-8,10-13,15,19H,5-6,9,14H2,1H3,(H,23,24,25)/t19-/m0/s1. The molecule has 0 amide bonds. The van der Waals surface area contributed by atoms with Gasteiger partial charge in [-0.15, -0.1) is 0 Å². The lowest BCUT2D eigenvalue weighted by Gasteiger charge is -2.31. The van der Waals surface area contributed by atoms with Crippen molar-refractivity contribution in [2.75, 3.05) is 18.9 Å². The minimum atomic E-state index is 0.266. The molecular weight excluding hydrogens is 322 g/mol. The average Bonchev–Trinajstić information content (AvgIpc) is 2.69. The van der Waals surface area contributed by atoms with Gasteiger partial charge in [-0.05, 0) is 50.7 Å². The van der Waals surface area contributed by atoms with Crippen LogP contribution in [-0.2, 0) is 0 Å². The molecule has 4 rings (SSSR count). The van der Waals surface area contributed by atoms with Crippen molar-refractivity contribution in [3.63, 3.8) is 0 Å². The van der Waals surface area contributed by atoms with Crippen LogP contribution in [0.3, 0.4) is 0 Å². The highest BCUT2D eigenvalue weighted by atomic mass is 15.2. The quantitative estimate of drug-likeness (QED) is 0.757. The molecule has 0 spiro atoms. The first-order valence-corrected chi connectivity index (χ1v) is 9.11. The van der Waals surface area contributed by atoms with Gasteiger partial charge in [-0.3, -0.25) is 9.88 Å². The summed E-state index contributed by atoms with van der Waals surface area (Å²) in [5, 5.41) is 3.42. The Kier molecular flexibility index (Phi) is 4.88. The monoisotopic (exact) mass is 345 g/mol. The zero-order valence-corrected chi connectivity index (χ0v) is 15.0. The van der Waals surface area contributed by atoms with Gasteiger partial charge in [-0.2, -0.15) is 0 Å². The molecule has 5 nitrogen and oxygen atoms in total. The number of para-hydroxylation sites is 1. The number of benzene rings is 1. The molecular formula is C21H23N5. The van der Waals surface area contributed by atoms with Crippen LogP contribution in [0.4, 0.5) is 11.5 Å². The summed E-state index contributed by atoms with van der Waals surface area (Å²) in [6.45, 7) is 1.09. The Hall–Kier alpha value is -2.79. The third kappa shape index (κ3) is 3.73. The van der Waals surface area contributed by atoms with Gasteiger partial charge in [0.05, 0.1) is 11.7 Å². The number of aromatic nitrogens is 3. The summed E-state index contributed by atoms with van der Waals surface area (Å²) in [5.74, 6) is 1.71. The maximum Gasteiger partial charge on any atom is 0.148 e. The molecule has 1 atom stereocenters. The van der Waals surface area contributed by atoms with Crippen molar-refractivity contribution >= 4 is 11.5 Å². The van der Waals surface area contributed by atoms with Crippen molar-refractivity contribution < 1.29 is 0 Å². The van der Waals surface area contributed by atoms with Gasteiger partial charge in [0.25, 0.3) is 0 Å². The normalized spacial score (nSPS) is 17.8. The van der Waals surface area contributed by atoms with Gasteiger partial charge in [0, 0.05) is 29.7 Å². The predicted octanol–water partition coefficient (Wildman–Crippen LogP) is 4.44. The molecule has 1 fully saturated rings. The molecule has 3 aromatic rings. The van der Waals surface area contributed by atoms with Crippen LogP contribution in [0, 0.1) is 0 Å². The Labute approximate surface area is 154 Å². The molecule has 0 aliphatic carbocycles. The Morgan fingerprint density at radius 1 is 1.00 bits per heavy atom. The van der Waals surface area contributed by atoms with Gasteiger partial charge in [0.15, 0.2) is 0 Å². The summed E-state index contributed by atoms with van der Waals surface area (Å²) in [4.78, 5) is 16.2. The zero-order valence-electron chi connectivity index (χ0n) is 15.0. The van der Waals surface area contributed by atoms with E-state index >= 15 is 0 Å². The van der Waals surface area contributed by atoms with Crippen molar-refractivity contribution in [1.29, 1.82) is 0 Å². The van der Waals surface area contributed by atoms with Crippen molar-refractivity contribution in [2.24, 2.45) is 0 Å². The second-order valence-corrected chi connectivity index (χ2v) is 6.72. The van der Waals surface area contributed by atoms with E-state index in [-0.39, 0.29) is 6.04 Å². The third-order valence-corrected chi connectivity index (χ3v) is 4.83. The van der Waals surface area contributed by atoms with E-state index in [0.717, 1.165) is 41.6 Å². The first-order valence-electron chi connectivity index (χ1n) is 9.11. The number of piperidine rings is 1. The number of hydrogen-bond acceptors (Lipinski definition) is 5. The van der Waals surface area contributed by atoms with Gasteiger partial charge in [0.2, 0.25) is 0 Å². The van der Waals surface area contributed by atoms with E-state index in [1.165, 1.54) is 12.8 Å². The second-order valence-electron chi connectivity index (χ2n) is 6.72. The number of pyridine rings is 1. The van der Waals surface area contributed by atoms with Crippen LogP contribution < -0.4 is 5.32 Å². The highest BCUT2D eigenvalue weighted by Crippen LogP contribution is 2.30. The molecule has 3 heterocycles. The number of anilines is 2. The lowest BCUT2D eigenvalue weighted by molar-refractivity contribution is 0.179. The molecule has 0 radical (unpaired) electrons. The first-order chi connectivity index (χ1) is 12.8. The van der Waals surface area contributed by atoms with Crippen LogP contribution in [0.1, 0.15) is 31.1 Å². The van der Waals surface area contributed by atoms with E-state index in [4.69, 9.17) is 9.97 Å². The minimum absolute atomic E-state index is 0.266. The molecule has 1 saturated heterocycles. The largest absolute Gasteiger partial charge is 0.340 e. The maximum atomic E-state index is 4.90. The minimum Gasteiger partial charge on any atom is -0.340 e. The molecule has 132 valence electrons. The molecule has 0 bridgehead atoms. The van der Waals surface area contributed by atoms with E-state index in [1.807, 2.05) is 48.5 Å². The molecule has 0 saturated carbocycles. The van der Waals surface area contributed by atoms with Crippen LogP contribution in [0.15, 0.2) is 60.9 Å². The van der Waals surface area contributed by atoms with Crippen molar-refractivity contribution in [3.05, 3.63) is 66.7 Å². The van der Waals surface area contributed by atoms with E-state index in [1.54, 1.807) is 12.4 Å². The predicted molar refractivity (Wildman–Crippen MR) is 104 cm³/mol. The van der Waals surface area contributed by atoms with Crippen LogP contribution >= 0.6 is 0 Å². The summed E-state index contributed by atoms with van der Waals surface area (Å²) >= 11 is 0. The van der Waals surface area contributed by atoms with Gasteiger partial charge in [0.1, 0.15) is 11.6 Å². The van der Waals surface area contributed by atoms with Crippen LogP contribution in [0.2, 0.25) is 0 Å². The zero-order chi connectivity index (χ0) is 17.8. The lowest BCUT2D eigenvalue weighted by atomic mass is 10.0.